The molecule has 1 fully saturated rings. The fourth-order valence-electron chi connectivity index (χ4n) is 3.97. The molecule has 2 heterocycles. The number of rotatable bonds is 4. The van der Waals surface area contributed by atoms with Gasteiger partial charge in [0.15, 0.2) is 5.76 Å². The van der Waals surface area contributed by atoms with Crippen LogP contribution in [-0.4, -0.2) is 21.8 Å². The first-order valence-electron chi connectivity index (χ1n) is 9.59. The fourth-order valence-corrected chi connectivity index (χ4v) is 3.97. The number of pyridine rings is 1. The molecule has 1 aromatic carbocycles. The minimum absolute atomic E-state index is 0.139. The number of carbonyl (C=O) groups is 1. The van der Waals surface area contributed by atoms with Crippen LogP contribution < -0.4 is 5.56 Å². The Balaban J connectivity index is 1.70. The highest BCUT2D eigenvalue weighted by Gasteiger charge is 2.28. The van der Waals surface area contributed by atoms with Crippen LogP contribution in [-0.2, 0) is 6.54 Å². The lowest BCUT2D eigenvalue weighted by molar-refractivity contribution is 0.0581. The van der Waals surface area contributed by atoms with E-state index in [1.54, 1.807) is 12.1 Å². The van der Waals surface area contributed by atoms with Crippen molar-refractivity contribution < 1.29 is 9.21 Å². The lowest BCUT2D eigenvalue weighted by Gasteiger charge is -2.33. The molecule has 0 unspecified atom stereocenters. The number of hydrogen-bond donors (Lipinski definition) is 1. The molecular formula is C22H24N2O3. The van der Waals surface area contributed by atoms with E-state index in [-0.39, 0.29) is 17.5 Å². The number of carbonyl (C=O) groups excluding carboxylic acids is 1. The largest absolute Gasteiger partial charge is 0.459 e. The summed E-state index contributed by atoms with van der Waals surface area (Å²) in [5.74, 6) is 0.185. The Kier molecular flexibility index (Phi) is 4.84. The lowest BCUT2D eigenvalue weighted by atomic mass is 9.93. The molecule has 1 aliphatic carbocycles. The van der Waals surface area contributed by atoms with E-state index in [1.165, 1.54) is 12.7 Å². The van der Waals surface area contributed by atoms with Crippen molar-refractivity contribution in [3.8, 4) is 0 Å². The summed E-state index contributed by atoms with van der Waals surface area (Å²) < 4.78 is 5.34. The van der Waals surface area contributed by atoms with Gasteiger partial charge in [0.05, 0.1) is 12.8 Å². The molecule has 27 heavy (non-hydrogen) atoms. The first-order valence-corrected chi connectivity index (χ1v) is 9.59. The molecule has 1 aliphatic rings. The summed E-state index contributed by atoms with van der Waals surface area (Å²) in [6, 6.07) is 11.4. The van der Waals surface area contributed by atoms with Crippen molar-refractivity contribution in [3.63, 3.8) is 0 Å². The monoisotopic (exact) mass is 364 g/mol. The third kappa shape index (κ3) is 3.68. The Morgan fingerprint density at radius 3 is 2.74 bits per heavy atom. The number of nitrogens with zero attached hydrogens (tertiary/aromatic N) is 1. The molecule has 1 amide bonds. The molecular weight excluding hydrogens is 340 g/mol. The zero-order valence-electron chi connectivity index (χ0n) is 15.5. The molecule has 5 heteroatoms. The maximum absolute atomic E-state index is 13.1. The molecule has 0 aliphatic heterocycles. The number of amides is 1. The average molecular weight is 364 g/mol. The summed E-state index contributed by atoms with van der Waals surface area (Å²) in [7, 11) is 0. The maximum Gasteiger partial charge on any atom is 0.290 e. The molecule has 1 N–H and O–H groups in total. The maximum atomic E-state index is 13.1. The summed E-state index contributed by atoms with van der Waals surface area (Å²) in [5, 5.41) is 0.985. The lowest BCUT2D eigenvalue weighted by Crippen LogP contribution is -2.42. The number of aromatic amines is 1. The number of aromatic nitrogens is 1. The molecule has 1 saturated carbocycles. The highest BCUT2D eigenvalue weighted by Crippen LogP contribution is 2.26. The van der Waals surface area contributed by atoms with E-state index >= 15 is 0 Å². The zero-order valence-corrected chi connectivity index (χ0v) is 15.5. The van der Waals surface area contributed by atoms with Gasteiger partial charge in [-0.1, -0.05) is 30.9 Å². The van der Waals surface area contributed by atoms with E-state index in [2.05, 4.69) is 4.98 Å². The van der Waals surface area contributed by atoms with Gasteiger partial charge in [-0.05, 0) is 55.5 Å². The Hall–Kier alpha value is -2.82. The van der Waals surface area contributed by atoms with Crippen molar-refractivity contribution in [1.29, 1.82) is 0 Å². The quantitative estimate of drug-likeness (QED) is 0.746. The van der Waals surface area contributed by atoms with Gasteiger partial charge in [-0.3, -0.25) is 9.59 Å². The number of H-pyrrole nitrogens is 1. The second kappa shape index (κ2) is 7.43. The number of benzene rings is 1. The van der Waals surface area contributed by atoms with Crippen LogP contribution in [0.25, 0.3) is 10.9 Å². The van der Waals surface area contributed by atoms with Crippen LogP contribution in [0.1, 0.15) is 53.8 Å². The Bertz CT molecular complexity index is 998. The summed E-state index contributed by atoms with van der Waals surface area (Å²) in [4.78, 5) is 30.5. The zero-order chi connectivity index (χ0) is 18.8. The van der Waals surface area contributed by atoms with E-state index < -0.39 is 0 Å². The van der Waals surface area contributed by atoms with Gasteiger partial charge in [0.2, 0.25) is 0 Å². The first-order chi connectivity index (χ1) is 13.1. The predicted molar refractivity (Wildman–Crippen MR) is 105 cm³/mol. The molecule has 5 nitrogen and oxygen atoms in total. The molecule has 4 rings (SSSR count). The second-order valence-corrected chi connectivity index (χ2v) is 7.42. The van der Waals surface area contributed by atoms with Gasteiger partial charge in [-0.25, -0.2) is 0 Å². The van der Waals surface area contributed by atoms with Crippen LogP contribution in [0.4, 0.5) is 0 Å². The average Bonchev–Trinajstić information content (AvgIpc) is 3.21. The topological polar surface area (TPSA) is 66.3 Å². The number of nitrogens with one attached hydrogen (secondary N) is 1. The summed E-state index contributed by atoms with van der Waals surface area (Å²) >= 11 is 0. The number of aryl methyl sites for hydroxylation is 1. The third-order valence-corrected chi connectivity index (χ3v) is 5.43. The highest BCUT2D eigenvalue weighted by atomic mass is 16.3. The van der Waals surface area contributed by atoms with Crippen LogP contribution in [0.5, 0.6) is 0 Å². The Morgan fingerprint density at radius 1 is 1.19 bits per heavy atom. The SMILES string of the molecule is Cc1ccc2[nH]c(=O)c(CN(C(=O)c3ccco3)C3CCCCC3)cc2c1. The number of furan rings is 1. The third-order valence-electron chi connectivity index (χ3n) is 5.43. The van der Waals surface area contributed by atoms with E-state index in [4.69, 9.17) is 4.42 Å². The van der Waals surface area contributed by atoms with E-state index in [9.17, 15) is 9.59 Å². The Labute approximate surface area is 158 Å². The normalized spacial score (nSPS) is 15.1. The van der Waals surface area contributed by atoms with Gasteiger partial charge in [0.25, 0.3) is 11.5 Å². The van der Waals surface area contributed by atoms with Crippen molar-refractivity contribution in [3.05, 3.63) is 69.9 Å². The molecule has 3 aromatic rings. The van der Waals surface area contributed by atoms with Crippen molar-refractivity contribution in [1.82, 2.24) is 9.88 Å². The van der Waals surface area contributed by atoms with Crippen molar-refractivity contribution in [2.24, 2.45) is 0 Å². The summed E-state index contributed by atoms with van der Waals surface area (Å²) in [5.41, 5.74) is 2.42. The van der Waals surface area contributed by atoms with E-state index in [0.29, 0.717) is 17.9 Å². The van der Waals surface area contributed by atoms with Gasteiger partial charge in [-0.2, -0.15) is 0 Å². The predicted octanol–water partition coefficient (Wildman–Crippen LogP) is 4.40. The number of fused-ring (bicyclic) bond motifs is 1. The highest BCUT2D eigenvalue weighted by molar-refractivity contribution is 5.91. The standard InChI is InChI=1S/C22H24N2O3/c1-15-9-10-19-16(12-15)13-17(21(25)23-19)14-24(18-6-3-2-4-7-18)22(26)20-8-5-11-27-20/h5,8-13,18H,2-4,6-7,14H2,1H3,(H,23,25). The molecule has 140 valence electrons. The fraction of sp³-hybridized carbons (Fsp3) is 0.364. The second-order valence-electron chi connectivity index (χ2n) is 7.42. The summed E-state index contributed by atoms with van der Waals surface area (Å²) in [6.07, 6.45) is 6.88. The summed E-state index contributed by atoms with van der Waals surface area (Å²) in [6.45, 7) is 2.32. The molecule has 0 saturated heterocycles. The minimum atomic E-state index is -0.143. The van der Waals surface area contributed by atoms with Gasteiger partial charge in [0, 0.05) is 17.1 Å². The molecule has 2 aromatic heterocycles. The van der Waals surface area contributed by atoms with E-state index in [1.807, 2.05) is 36.1 Å². The molecule has 0 radical (unpaired) electrons. The minimum Gasteiger partial charge on any atom is -0.459 e. The van der Waals surface area contributed by atoms with Crippen molar-refractivity contribution in [2.45, 2.75) is 51.6 Å². The van der Waals surface area contributed by atoms with Gasteiger partial charge >= 0.3 is 0 Å². The number of hydrogen-bond acceptors (Lipinski definition) is 3. The van der Waals surface area contributed by atoms with Gasteiger partial charge < -0.3 is 14.3 Å². The van der Waals surface area contributed by atoms with Gasteiger partial charge in [-0.15, -0.1) is 0 Å². The Morgan fingerprint density at radius 2 is 2.00 bits per heavy atom. The van der Waals surface area contributed by atoms with Crippen LogP contribution in [0.15, 0.2) is 51.9 Å². The van der Waals surface area contributed by atoms with Crippen molar-refractivity contribution in [2.75, 3.05) is 0 Å². The van der Waals surface area contributed by atoms with Crippen molar-refractivity contribution >= 4 is 16.8 Å². The molecule has 0 atom stereocenters. The molecule has 0 spiro atoms. The van der Waals surface area contributed by atoms with Crippen LogP contribution in [0.3, 0.4) is 0 Å². The van der Waals surface area contributed by atoms with Crippen LogP contribution >= 0.6 is 0 Å². The van der Waals surface area contributed by atoms with Crippen LogP contribution in [0, 0.1) is 6.92 Å². The van der Waals surface area contributed by atoms with E-state index in [0.717, 1.165) is 42.1 Å². The van der Waals surface area contributed by atoms with Gasteiger partial charge in [0.1, 0.15) is 0 Å². The van der Waals surface area contributed by atoms with Crippen LogP contribution in [0.2, 0.25) is 0 Å². The first kappa shape index (κ1) is 17.6. The smallest absolute Gasteiger partial charge is 0.290 e. The molecule has 0 bridgehead atoms.